The molecule has 16 nitrogen and oxygen atoms in total. The topological polar surface area (TPSA) is 248 Å². The van der Waals surface area contributed by atoms with Crippen molar-refractivity contribution >= 4 is 29.5 Å². The van der Waals surface area contributed by atoms with Crippen molar-refractivity contribution in [2.24, 2.45) is 5.73 Å². The van der Waals surface area contributed by atoms with Gasteiger partial charge in [-0.25, -0.2) is 22.9 Å². The number of aliphatic hydroxyl groups is 1. The van der Waals surface area contributed by atoms with Gasteiger partial charge in [-0.05, 0) is 6.08 Å². The number of nitrogens with two attached hydrogens (primary N) is 1. The number of amides is 2. The molecule has 0 saturated carbocycles. The predicted octanol–water partition coefficient (Wildman–Crippen LogP) is -0.786. The normalized spacial score (nSPS) is 34.1. The Balaban J connectivity index is 2.21. The lowest BCUT2D eigenvalue weighted by Crippen LogP contribution is -2.57. The minimum Gasteiger partial charge on any atom is -0.383 e. The lowest BCUT2D eigenvalue weighted by Gasteiger charge is -2.33. The summed E-state index contributed by atoms with van der Waals surface area (Å²) in [4.78, 5) is 47.5. The van der Waals surface area contributed by atoms with E-state index in [2.05, 4.69) is 13.1 Å². The maximum Gasteiger partial charge on any atom is 0.490 e. The van der Waals surface area contributed by atoms with E-state index in [0.717, 1.165) is 12.3 Å². The smallest absolute Gasteiger partial charge is 0.383 e. The number of nitrogens with zero attached hydrogens (tertiary/aromatic N) is 1. The van der Waals surface area contributed by atoms with Crippen LogP contribution in [-0.2, 0) is 31.6 Å². The SMILES string of the molecule is NC1C=CN([C@@H]2O[C@](CF)(COP(=O)(O)OP(=O)(O)OP(=O)(O)O)[C@@H](O)C2(F)F)C(=O)N1. The van der Waals surface area contributed by atoms with Crippen molar-refractivity contribution < 1.29 is 74.2 Å². The van der Waals surface area contributed by atoms with Gasteiger partial charge in [0, 0.05) is 6.20 Å². The highest BCUT2D eigenvalue weighted by atomic mass is 31.3. The molecule has 2 heterocycles. The first kappa shape index (κ1) is 27.3. The number of carbonyl (C=O) groups is 1. The first-order valence-corrected chi connectivity index (χ1v) is 12.5. The Morgan fingerprint density at radius 1 is 1.19 bits per heavy atom. The van der Waals surface area contributed by atoms with Crippen LogP contribution in [0.1, 0.15) is 0 Å². The van der Waals surface area contributed by atoms with Gasteiger partial charge >= 0.3 is 35.4 Å². The highest BCUT2D eigenvalue weighted by Crippen LogP contribution is 2.66. The van der Waals surface area contributed by atoms with Crippen LogP contribution in [0.2, 0.25) is 0 Å². The summed E-state index contributed by atoms with van der Waals surface area (Å²) in [6.45, 7) is -3.71. The van der Waals surface area contributed by atoms with Gasteiger partial charge in [0.2, 0.25) is 6.23 Å². The zero-order valence-electron chi connectivity index (χ0n) is 15.3. The Hall–Kier alpha value is -0.910. The number of hydrogen-bond acceptors (Lipinski definition) is 10. The fourth-order valence-corrected chi connectivity index (χ4v) is 5.62. The van der Waals surface area contributed by atoms with Crippen LogP contribution in [0.3, 0.4) is 0 Å². The van der Waals surface area contributed by atoms with Gasteiger partial charge in [-0.3, -0.25) is 9.42 Å². The minimum absolute atomic E-state index is 0.217. The van der Waals surface area contributed by atoms with Crippen LogP contribution in [0, 0.1) is 0 Å². The molecule has 2 aliphatic rings. The highest BCUT2D eigenvalue weighted by Gasteiger charge is 2.69. The molecule has 0 aromatic carbocycles. The molecule has 1 saturated heterocycles. The largest absolute Gasteiger partial charge is 0.490 e. The summed E-state index contributed by atoms with van der Waals surface area (Å²) in [5, 5.41) is 12.0. The Morgan fingerprint density at radius 2 is 1.78 bits per heavy atom. The Kier molecular flexibility index (Phi) is 7.72. The summed E-state index contributed by atoms with van der Waals surface area (Å²) in [6.07, 6.45) is -4.99. The second-order valence-corrected chi connectivity index (χ2v) is 10.8. The molecular formula is C10H17F3N3O13P3. The minimum atomic E-state index is -5.94. The summed E-state index contributed by atoms with van der Waals surface area (Å²) in [7, 11) is -17.5. The van der Waals surface area contributed by atoms with Crippen molar-refractivity contribution in [1.29, 1.82) is 0 Å². The predicted molar refractivity (Wildman–Crippen MR) is 91.8 cm³/mol. The molecule has 22 heteroatoms. The van der Waals surface area contributed by atoms with E-state index in [0.29, 0.717) is 0 Å². The lowest BCUT2D eigenvalue weighted by atomic mass is 9.97. The number of aliphatic hydroxyl groups excluding tert-OH is 1. The third kappa shape index (κ3) is 6.15. The van der Waals surface area contributed by atoms with Gasteiger partial charge in [-0.1, -0.05) is 0 Å². The number of nitrogens with one attached hydrogen (secondary N) is 1. The lowest BCUT2D eigenvalue weighted by molar-refractivity contribution is -0.152. The van der Waals surface area contributed by atoms with E-state index in [9.17, 15) is 41.7 Å². The molecule has 2 rings (SSSR count). The summed E-state index contributed by atoms with van der Waals surface area (Å²) in [6, 6.07) is -1.22. The summed E-state index contributed by atoms with van der Waals surface area (Å²) in [5.41, 5.74) is 2.26. The quantitative estimate of drug-likeness (QED) is 0.178. The molecule has 0 radical (unpaired) electrons. The molecule has 3 unspecified atom stereocenters. The fraction of sp³-hybridized carbons (Fsp3) is 0.700. The number of phosphoric ester groups is 1. The zero-order valence-corrected chi connectivity index (χ0v) is 18.0. The van der Waals surface area contributed by atoms with Crippen LogP contribution < -0.4 is 11.1 Å². The molecule has 8 N–H and O–H groups in total. The number of phosphoric acid groups is 3. The number of rotatable bonds is 9. The number of alkyl halides is 3. The van der Waals surface area contributed by atoms with Crippen LogP contribution in [0.25, 0.3) is 0 Å². The average Bonchev–Trinajstić information content (AvgIpc) is 2.78. The third-order valence-electron chi connectivity index (χ3n) is 3.88. The maximum absolute atomic E-state index is 14.6. The van der Waals surface area contributed by atoms with E-state index in [1.807, 2.05) is 5.32 Å². The van der Waals surface area contributed by atoms with Crippen molar-refractivity contribution in [3.05, 3.63) is 12.3 Å². The first-order chi connectivity index (χ1) is 14.3. The summed E-state index contributed by atoms with van der Waals surface area (Å²) < 4.78 is 92.2. The van der Waals surface area contributed by atoms with Crippen molar-refractivity contribution in [2.75, 3.05) is 13.3 Å². The van der Waals surface area contributed by atoms with Crippen molar-refractivity contribution in [2.45, 2.75) is 30.0 Å². The van der Waals surface area contributed by atoms with Gasteiger partial charge in [0.1, 0.15) is 6.67 Å². The molecule has 32 heavy (non-hydrogen) atoms. The Bertz CT molecular complexity index is 917. The molecule has 1 fully saturated rings. The number of urea groups is 1. The number of carbonyl (C=O) groups excluding carboxylic acids is 1. The van der Waals surface area contributed by atoms with Gasteiger partial charge < -0.3 is 40.5 Å². The molecule has 0 spiro atoms. The molecule has 6 atom stereocenters. The molecule has 0 aliphatic carbocycles. The molecule has 0 aromatic rings. The van der Waals surface area contributed by atoms with Crippen LogP contribution in [0.4, 0.5) is 18.0 Å². The van der Waals surface area contributed by atoms with Crippen LogP contribution in [-0.4, -0.2) is 78.9 Å². The Morgan fingerprint density at radius 3 is 2.28 bits per heavy atom. The standard InChI is InChI=1S/C10H17F3N3O13P3/c11-3-9(4-26-31(22,23)29-32(24,25)28-30(19,20)21)6(17)10(12,13)7(27-9)16-2-1-5(14)15-8(16)18/h1-2,5-7,17H,3-4,14H2,(H,15,18)(H,22,23)(H,24,25)(H2,19,20,21)/t5?,6-,7-,9-/m1/s1. The van der Waals surface area contributed by atoms with Gasteiger partial charge in [0.05, 0.1) is 12.8 Å². The van der Waals surface area contributed by atoms with E-state index in [4.69, 9.17) is 25.2 Å². The molecule has 2 amide bonds. The van der Waals surface area contributed by atoms with Gasteiger partial charge in [0.25, 0.3) is 0 Å². The van der Waals surface area contributed by atoms with Gasteiger partial charge in [-0.2, -0.15) is 17.4 Å². The third-order valence-corrected chi connectivity index (χ3v) is 7.67. The summed E-state index contributed by atoms with van der Waals surface area (Å²) >= 11 is 0. The maximum atomic E-state index is 14.6. The monoisotopic (exact) mass is 537 g/mol. The van der Waals surface area contributed by atoms with Crippen LogP contribution >= 0.6 is 23.5 Å². The van der Waals surface area contributed by atoms with E-state index < -0.39 is 72.8 Å². The van der Waals surface area contributed by atoms with Gasteiger partial charge in [0.15, 0.2) is 11.7 Å². The Labute approximate surface area is 176 Å². The molecule has 2 aliphatic heterocycles. The average molecular weight is 537 g/mol. The molecule has 0 bridgehead atoms. The van der Waals surface area contributed by atoms with E-state index in [1.54, 1.807) is 0 Å². The van der Waals surface area contributed by atoms with Crippen molar-refractivity contribution in [3.8, 4) is 0 Å². The fourth-order valence-electron chi connectivity index (χ4n) is 2.55. The van der Waals surface area contributed by atoms with Gasteiger partial charge in [-0.15, -0.1) is 0 Å². The van der Waals surface area contributed by atoms with Crippen molar-refractivity contribution in [1.82, 2.24) is 10.2 Å². The summed E-state index contributed by atoms with van der Waals surface area (Å²) in [5.74, 6) is -4.38. The van der Waals surface area contributed by atoms with E-state index >= 15 is 0 Å². The van der Waals surface area contributed by atoms with E-state index in [-0.39, 0.29) is 4.90 Å². The number of ether oxygens (including phenoxy) is 1. The highest BCUT2D eigenvalue weighted by molar-refractivity contribution is 7.66. The van der Waals surface area contributed by atoms with Crippen LogP contribution in [0.5, 0.6) is 0 Å². The molecule has 186 valence electrons. The number of hydrogen-bond donors (Lipinski definition) is 7. The molecular weight excluding hydrogens is 520 g/mol. The first-order valence-electron chi connectivity index (χ1n) is 7.95. The number of halogens is 3. The second-order valence-electron chi connectivity index (χ2n) is 6.33. The zero-order chi connectivity index (χ0) is 24.8. The molecule has 0 aromatic heterocycles. The van der Waals surface area contributed by atoms with Crippen molar-refractivity contribution in [3.63, 3.8) is 0 Å². The second kappa shape index (κ2) is 9.03. The van der Waals surface area contributed by atoms with Crippen LogP contribution in [0.15, 0.2) is 12.3 Å². The van der Waals surface area contributed by atoms with E-state index in [1.165, 1.54) is 0 Å².